The van der Waals surface area contributed by atoms with E-state index < -0.39 is 29.3 Å². The number of hydrogen-bond donors (Lipinski definition) is 0. The highest BCUT2D eigenvalue weighted by molar-refractivity contribution is 6.31. The van der Waals surface area contributed by atoms with Crippen LogP contribution in [-0.2, 0) is 10.3 Å². The third kappa shape index (κ3) is 2.06. The van der Waals surface area contributed by atoms with E-state index in [4.69, 9.17) is 11.6 Å². The zero-order valence-electron chi connectivity index (χ0n) is 10.8. The van der Waals surface area contributed by atoms with Crippen LogP contribution in [-0.4, -0.2) is 18.3 Å². The number of alkyl halides is 4. The topological polar surface area (TPSA) is 47.9 Å². The lowest BCUT2D eigenvalue weighted by Gasteiger charge is -2.39. The first kappa shape index (κ1) is 15.1. The number of hydrogen-bond acceptors (Lipinski definition) is 4. The third-order valence-corrected chi connectivity index (χ3v) is 4.10. The molecular formula is C13H8ClF4NO3. The highest BCUT2D eigenvalue weighted by atomic mass is 35.5. The summed E-state index contributed by atoms with van der Waals surface area (Å²) in [6.45, 7) is 0. The van der Waals surface area contributed by atoms with E-state index >= 15 is 0 Å². The standard InChI is InChI=1S/C13H8ClF4NO3/c14-8-5-10-9(21-12(15,16)13(17,18)22-10)4-7(8)11(19-6-20)2-1-3-11/h4-5H,1-3H2. The maximum absolute atomic E-state index is 13.2. The fourth-order valence-electron chi connectivity index (χ4n) is 2.49. The van der Waals surface area contributed by atoms with Crippen molar-refractivity contribution in [3.63, 3.8) is 0 Å². The van der Waals surface area contributed by atoms with Crippen LogP contribution in [0.3, 0.4) is 0 Å². The van der Waals surface area contributed by atoms with Crippen LogP contribution in [0.2, 0.25) is 5.02 Å². The Morgan fingerprint density at radius 3 is 2.09 bits per heavy atom. The summed E-state index contributed by atoms with van der Waals surface area (Å²) < 4.78 is 60.7. The van der Waals surface area contributed by atoms with Crippen LogP contribution >= 0.6 is 11.6 Å². The predicted octanol–water partition coefficient (Wildman–Crippen LogP) is 4.01. The van der Waals surface area contributed by atoms with Crippen molar-refractivity contribution in [2.45, 2.75) is 37.0 Å². The van der Waals surface area contributed by atoms with Crippen molar-refractivity contribution >= 4 is 17.7 Å². The van der Waals surface area contributed by atoms with E-state index in [1.807, 2.05) is 0 Å². The summed E-state index contributed by atoms with van der Waals surface area (Å²) >= 11 is 6.00. The molecule has 1 aliphatic heterocycles. The molecule has 0 N–H and O–H groups in total. The Morgan fingerprint density at radius 1 is 1.09 bits per heavy atom. The molecular weight excluding hydrogens is 330 g/mol. The second-order valence-corrected chi connectivity index (χ2v) is 5.51. The second-order valence-electron chi connectivity index (χ2n) is 5.10. The van der Waals surface area contributed by atoms with Gasteiger partial charge in [0.15, 0.2) is 11.5 Å². The first-order valence-corrected chi connectivity index (χ1v) is 6.65. The summed E-state index contributed by atoms with van der Waals surface area (Å²) in [6.07, 6.45) is -6.51. The molecule has 1 saturated carbocycles. The van der Waals surface area contributed by atoms with Crippen LogP contribution in [0.5, 0.6) is 11.5 Å². The number of carbonyl (C=O) groups excluding carboxylic acids is 1. The molecule has 118 valence electrons. The molecule has 0 spiro atoms. The monoisotopic (exact) mass is 337 g/mol. The molecule has 1 aliphatic carbocycles. The van der Waals surface area contributed by atoms with Crippen molar-refractivity contribution in [1.82, 2.24) is 0 Å². The van der Waals surface area contributed by atoms with Crippen molar-refractivity contribution in [1.29, 1.82) is 0 Å². The lowest BCUT2D eigenvalue weighted by molar-refractivity contribution is -0.391. The Hall–Kier alpha value is -1.79. The van der Waals surface area contributed by atoms with Crippen molar-refractivity contribution in [3.05, 3.63) is 22.7 Å². The number of nitrogens with zero attached hydrogens (tertiary/aromatic N) is 1. The normalized spacial score (nSPS) is 23.1. The van der Waals surface area contributed by atoms with Gasteiger partial charge in [0, 0.05) is 11.6 Å². The van der Waals surface area contributed by atoms with E-state index in [9.17, 15) is 22.4 Å². The van der Waals surface area contributed by atoms with Gasteiger partial charge in [-0.1, -0.05) is 11.6 Å². The van der Waals surface area contributed by atoms with Crippen molar-refractivity contribution in [2.24, 2.45) is 4.99 Å². The van der Waals surface area contributed by atoms with Gasteiger partial charge in [0.25, 0.3) is 0 Å². The van der Waals surface area contributed by atoms with Gasteiger partial charge in [0.05, 0.1) is 10.6 Å². The van der Waals surface area contributed by atoms with Crippen LogP contribution in [0, 0.1) is 0 Å². The zero-order valence-corrected chi connectivity index (χ0v) is 11.6. The van der Waals surface area contributed by atoms with Crippen molar-refractivity contribution in [2.75, 3.05) is 0 Å². The van der Waals surface area contributed by atoms with Gasteiger partial charge in [0.2, 0.25) is 6.08 Å². The second kappa shape index (κ2) is 4.60. The Kier molecular flexibility index (Phi) is 3.16. The van der Waals surface area contributed by atoms with Gasteiger partial charge >= 0.3 is 12.2 Å². The predicted molar refractivity (Wildman–Crippen MR) is 66.3 cm³/mol. The molecule has 0 amide bonds. The van der Waals surface area contributed by atoms with Gasteiger partial charge in [0.1, 0.15) is 0 Å². The number of isocyanates is 1. The van der Waals surface area contributed by atoms with Crippen molar-refractivity contribution in [3.8, 4) is 11.5 Å². The summed E-state index contributed by atoms with van der Waals surface area (Å²) in [5, 5.41) is -0.0259. The number of ether oxygens (including phenoxy) is 2. The van der Waals surface area contributed by atoms with E-state index in [0.717, 1.165) is 18.6 Å². The highest BCUT2D eigenvalue weighted by Crippen LogP contribution is 2.53. The fraction of sp³-hybridized carbons (Fsp3) is 0.462. The molecule has 1 fully saturated rings. The van der Waals surface area contributed by atoms with E-state index in [-0.39, 0.29) is 10.6 Å². The van der Waals surface area contributed by atoms with Crippen LogP contribution in [0.15, 0.2) is 17.1 Å². The van der Waals surface area contributed by atoms with Crippen LogP contribution in [0.25, 0.3) is 0 Å². The smallest absolute Gasteiger partial charge is 0.421 e. The molecule has 4 nitrogen and oxygen atoms in total. The molecule has 1 aromatic rings. The third-order valence-electron chi connectivity index (χ3n) is 3.79. The average molecular weight is 338 g/mol. The van der Waals surface area contributed by atoms with Gasteiger partial charge in [-0.3, -0.25) is 0 Å². The van der Waals surface area contributed by atoms with Crippen LogP contribution in [0.1, 0.15) is 24.8 Å². The Labute approximate surface area is 126 Å². The van der Waals surface area contributed by atoms with Gasteiger partial charge in [-0.15, -0.1) is 0 Å². The van der Waals surface area contributed by atoms with Gasteiger partial charge in [-0.05, 0) is 25.3 Å². The molecule has 22 heavy (non-hydrogen) atoms. The molecule has 2 aliphatic rings. The molecule has 0 aromatic heterocycles. The largest absolute Gasteiger partial charge is 0.507 e. The minimum Gasteiger partial charge on any atom is -0.421 e. The number of halogens is 5. The van der Waals surface area contributed by atoms with E-state index in [1.54, 1.807) is 0 Å². The fourth-order valence-corrected chi connectivity index (χ4v) is 2.82. The first-order chi connectivity index (χ1) is 10.2. The summed E-state index contributed by atoms with van der Waals surface area (Å²) in [6, 6.07) is 2.01. The molecule has 3 rings (SSSR count). The number of rotatable bonds is 2. The summed E-state index contributed by atoms with van der Waals surface area (Å²) in [7, 11) is 0. The van der Waals surface area contributed by atoms with Crippen molar-refractivity contribution < 1.29 is 31.8 Å². The number of fused-ring (bicyclic) bond motifs is 1. The molecule has 0 atom stereocenters. The van der Waals surface area contributed by atoms with Gasteiger partial charge in [-0.25, -0.2) is 4.79 Å². The molecule has 0 radical (unpaired) electrons. The highest BCUT2D eigenvalue weighted by Gasteiger charge is 2.66. The molecule has 0 saturated heterocycles. The quantitative estimate of drug-likeness (QED) is 0.465. The maximum Gasteiger partial charge on any atom is 0.507 e. The summed E-state index contributed by atoms with van der Waals surface area (Å²) in [4.78, 5) is 14.2. The molecule has 9 heteroatoms. The van der Waals surface area contributed by atoms with E-state index in [0.29, 0.717) is 12.8 Å². The zero-order chi connectivity index (χ0) is 16.2. The number of aliphatic imine (C=N–C) groups is 1. The Bertz CT molecular complexity index is 684. The number of benzene rings is 1. The molecule has 1 heterocycles. The van der Waals surface area contributed by atoms with Crippen LogP contribution < -0.4 is 9.47 Å². The lowest BCUT2D eigenvalue weighted by Crippen LogP contribution is -2.52. The molecule has 1 aromatic carbocycles. The van der Waals surface area contributed by atoms with E-state index in [1.165, 1.54) is 6.08 Å². The van der Waals surface area contributed by atoms with Gasteiger partial charge in [-0.2, -0.15) is 22.6 Å². The van der Waals surface area contributed by atoms with Crippen LogP contribution in [0.4, 0.5) is 17.6 Å². The SMILES string of the molecule is O=C=NC1(c2cc3c(cc2Cl)OC(F)(F)C(F)(F)O3)CCC1. The average Bonchev–Trinajstić information content (AvgIpc) is 2.35. The summed E-state index contributed by atoms with van der Waals surface area (Å²) in [5.74, 6) is -1.18. The minimum absolute atomic E-state index is 0.0259. The lowest BCUT2D eigenvalue weighted by atomic mass is 9.72. The first-order valence-electron chi connectivity index (χ1n) is 6.27. The molecule has 0 bridgehead atoms. The summed E-state index contributed by atoms with van der Waals surface area (Å²) in [5.41, 5.74) is -0.737. The Balaban J connectivity index is 2.10. The van der Waals surface area contributed by atoms with Gasteiger partial charge < -0.3 is 9.47 Å². The minimum atomic E-state index is -4.81. The molecule has 0 unspecified atom stereocenters. The Morgan fingerprint density at radius 2 is 1.64 bits per heavy atom. The maximum atomic E-state index is 13.2. The van der Waals surface area contributed by atoms with E-state index in [2.05, 4.69) is 14.5 Å².